The third-order valence-corrected chi connectivity index (χ3v) is 2.99. The van der Waals surface area contributed by atoms with Crippen LogP contribution in [0.2, 0.25) is 0 Å². The Hall–Kier alpha value is -2.10. The highest BCUT2D eigenvalue weighted by Gasteiger charge is 2.05. The number of nitrogens with zero attached hydrogens (tertiary/aromatic N) is 2. The molecule has 0 aliphatic carbocycles. The highest BCUT2D eigenvalue weighted by Crippen LogP contribution is 2.03. The van der Waals surface area contributed by atoms with Crippen molar-refractivity contribution in [2.45, 2.75) is 33.4 Å². The highest BCUT2D eigenvalue weighted by molar-refractivity contribution is 5.75. The fraction of sp³-hybridized carbons (Fsp3) is 0.333. The van der Waals surface area contributed by atoms with E-state index in [-0.39, 0.29) is 5.91 Å². The van der Waals surface area contributed by atoms with Crippen molar-refractivity contribution in [1.82, 2.24) is 15.1 Å². The molecule has 0 fully saturated rings. The number of hydrogen-bond acceptors (Lipinski definition) is 2. The van der Waals surface area contributed by atoms with Gasteiger partial charge in [0.15, 0.2) is 0 Å². The Morgan fingerprint density at radius 1 is 1.26 bits per heavy atom. The van der Waals surface area contributed by atoms with Crippen LogP contribution in [0.4, 0.5) is 0 Å². The van der Waals surface area contributed by atoms with E-state index in [0.717, 1.165) is 17.0 Å². The van der Waals surface area contributed by atoms with E-state index in [9.17, 15) is 4.79 Å². The van der Waals surface area contributed by atoms with E-state index in [1.54, 1.807) is 0 Å². The lowest BCUT2D eigenvalue weighted by atomic mass is 10.2. The Morgan fingerprint density at radius 2 is 2.00 bits per heavy atom. The van der Waals surface area contributed by atoms with Gasteiger partial charge >= 0.3 is 0 Å². The summed E-state index contributed by atoms with van der Waals surface area (Å²) in [7, 11) is 0. The Bertz CT molecular complexity index is 546. The van der Waals surface area contributed by atoms with Crippen LogP contribution in [0.25, 0.3) is 0 Å². The van der Waals surface area contributed by atoms with Gasteiger partial charge in [-0.3, -0.25) is 9.48 Å². The molecule has 100 valence electrons. The third kappa shape index (κ3) is 3.95. The monoisotopic (exact) mass is 257 g/mol. The van der Waals surface area contributed by atoms with Crippen molar-refractivity contribution in [3.63, 3.8) is 0 Å². The van der Waals surface area contributed by atoms with Gasteiger partial charge in [-0.05, 0) is 25.5 Å². The summed E-state index contributed by atoms with van der Waals surface area (Å²) in [4.78, 5) is 11.8. The Kier molecular flexibility index (Phi) is 4.34. The minimum absolute atomic E-state index is 0.0522. The molecule has 1 heterocycles. The largest absolute Gasteiger partial charge is 0.352 e. The molecule has 4 heteroatoms. The van der Waals surface area contributed by atoms with Gasteiger partial charge in [-0.15, -0.1) is 0 Å². The number of aromatic nitrogens is 2. The lowest BCUT2D eigenvalue weighted by Crippen LogP contribution is -2.24. The first kappa shape index (κ1) is 13.3. The summed E-state index contributed by atoms with van der Waals surface area (Å²) in [6, 6.07) is 11.9. The Labute approximate surface area is 113 Å². The van der Waals surface area contributed by atoms with Gasteiger partial charge in [-0.25, -0.2) is 0 Å². The summed E-state index contributed by atoms with van der Waals surface area (Å²) in [5.74, 6) is 0.0522. The van der Waals surface area contributed by atoms with Crippen molar-refractivity contribution in [2.75, 3.05) is 0 Å². The quantitative estimate of drug-likeness (QED) is 0.892. The summed E-state index contributed by atoms with van der Waals surface area (Å²) in [5, 5.41) is 7.25. The third-order valence-electron chi connectivity index (χ3n) is 2.99. The van der Waals surface area contributed by atoms with Gasteiger partial charge in [-0.2, -0.15) is 5.10 Å². The molecule has 0 saturated heterocycles. The van der Waals surface area contributed by atoms with Crippen LogP contribution in [0.1, 0.15) is 23.4 Å². The van der Waals surface area contributed by atoms with E-state index >= 15 is 0 Å². The fourth-order valence-corrected chi connectivity index (χ4v) is 1.99. The van der Waals surface area contributed by atoms with Crippen molar-refractivity contribution >= 4 is 5.91 Å². The molecule has 2 aromatic rings. The first-order chi connectivity index (χ1) is 9.15. The van der Waals surface area contributed by atoms with Crippen molar-refractivity contribution in [3.8, 4) is 0 Å². The van der Waals surface area contributed by atoms with E-state index in [0.29, 0.717) is 19.5 Å². The number of rotatable bonds is 5. The van der Waals surface area contributed by atoms with Crippen molar-refractivity contribution in [1.29, 1.82) is 0 Å². The summed E-state index contributed by atoms with van der Waals surface area (Å²) < 4.78 is 1.87. The second-order valence-electron chi connectivity index (χ2n) is 4.66. The minimum Gasteiger partial charge on any atom is -0.352 e. The van der Waals surface area contributed by atoms with Gasteiger partial charge in [0.2, 0.25) is 5.91 Å². The molecule has 4 nitrogen and oxygen atoms in total. The van der Waals surface area contributed by atoms with E-state index < -0.39 is 0 Å². The number of hydrogen-bond donors (Lipinski definition) is 1. The SMILES string of the molecule is Cc1cc(C)n(CCC(=O)NCc2ccccc2)n1. The normalized spacial score (nSPS) is 10.4. The first-order valence-corrected chi connectivity index (χ1v) is 6.47. The van der Waals surface area contributed by atoms with E-state index in [4.69, 9.17) is 0 Å². The number of carbonyl (C=O) groups is 1. The van der Waals surface area contributed by atoms with Crippen LogP contribution in [0.15, 0.2) is 36.4 Å². The molecule has 0 unspecified atom stereocenters. The lowest BCUT2D eigenvalue weighted by molar-refractivity contribution is -0.121. The molecular formula is C15H19N3O. The molecule has 2 rings (SSSR count). The smallest absolute Gasteiger partial charge is 0.222 e. The van der Waals surface area contributed by atoms with Gasteiger partial charge < -0.3 is 5.32 Å². The van der Waals surface area contributed by atoms with Crippen LogP contribution in [0, 0.1) is 13.8 Å². The molecule has 0 aliphatic rings. The number of aryl methyl sites for hydroxylation is 3. The molecular weight excluding hydrogens is 238 g/mol. The topological polar surface area (TPSA) is 46.9 Å². The standard InChI is InChI=1S/C15H19N3O/c1-12-10-13(2)18(17-12)9-8-15(19)16-11-14-6-4-3-5-7-14/h3-7,10H,8-9,11H2,1-2H3,(H,16,19). The van der Waals surface area contributed by atoms with Crippen LogP contribution in [-0.2, 0) is 17.9 Å². The van der Waals surface area contributed by atoms with E-state index in [1.807, 2.05) is 54.9 Å². The Morgan fingerprint density at radius 3 is 2.63 bits per heavy atom. The average molecular weight is 257 g/mol. The van der Waals surface area contributed by atoms with Crippen LogP contribution in [-0.4, -0.2) is 15.7 Å². The van der Waals surface area contributed by atoms with Crippen LogP contribution in [0.3, 0.4) is 0 Å². The maximum absolute atomic E-state index is 11.8. The van der Waals surface area contributed by atoms with Gasteiger partial charge in [-0.1, -0.05) is 30.3 Å². The molecule has 19 heavy (non-hydrogen) atoms. The lowest BCUT2D eigenvalue weighted by Gasteiger charge is -2.06. The molecule has 0 spiro atoms. The predicted molar refractivity (Wildman–Crippen MR) is 74.6 cm³/mol. The summed E-state index contributed by atoms with van der Waals surface area (Å²) >= 11 is 0. The number of nitrogens with one attached hydrogen (secondary N) is 1. The number of amides is 1. The van der Waals surface area contributed by atoms with Crippen molar-refractivity contribution < 1.29 is 4.79 Å². The maximum Gasteiger partial charge on any atom is 0.222 e. The van der Waals surface area contributed by atoms with Crippen LogP contribution < -0.4 is 5.32 Å². The average Bonchev–Trinajstić information content (AvgIpc) is 2.73. The summed E-state index contributed by atoms with van der Waals surface area (Å²) in [6.07, 6.45) is 0.453. The zero-order valence-corrected chi connectivity index (χ0v) is 11.4. The second kappa shape index (κ2) is 6.18. The molecule has 0 radical (unpaired) electrons. The summed E-state index contributed by atoms with van der Waals surface area (Å²) in [6.45, 7) is 5.16. The predicted octanol–water partition coefficient (Wildman–Crippen LogP) is 2.21. The molecule has 1 amide bonds. The van der Waals surface area contributed by atoms with Gasteiger partial charge in [0.05, 0.1) is 5.69 Å². The maximum atomic E-state index is 11.8. The highest BCUT2D eigenvalue weighted by atomic mass is 16.1. The molecule has 0 aliphatic heterocycles. The van der Waals surface area contributed by atoms with Crippen LogP contribution in [0.5, 0.6) is 0 Å². The van der Waals surface area contributed by atoms with Gasteiger partial charge in [0.25, 0.3) is 0 Å². The fourth-order valence-electron chi connectivity index (χ4n) is 1.99. The zero-order valence-electron chi connectivity index (χ0n) is 11.4. The molecule has 1 N–H and O–H groups in total. The van der Waals surface area contributed by atoms with Gasteiger partial charge in [0, 0.05) is 25.2 Å². The number of carbonyl (C=O) groups excluding carboxylic acids is 1. The van der Waals surface area contributed by atoms with E-state index in [2.05, 4.69) is 10.4 Å². The number of benzene rings is 1. The van der Waals surface area contributed by atoms with Crippen molar-refractivity contribution in [3.05, 3.63) is 53.3 Å². The molecule has 1 aromatic carbocycles. The summed E-state index contributed by atoms with van der Waals surface area (Å²) in [5.41, 5.74) is 3.19. The van der Waals surface area contributed by atoms with Gasteiger partial charge in [0.1, 0.15) is 0 Å². The molecule has 0 atom stereocenters. The minimum atomic E-state index is 0.0522. The second-order valence-corrected chi connectivity index (χ2v) is 4.66. The van der Waals surface area contributed by atoms with E-state index in [1.165, 1.54) is 0 Å². The molecule has 1 aromatic heterocycles. The zero-order chi connectivity index (χ0) is 13.7. The Balaban J connectivity index is 1.77. The molecule has 0 saturated carbocycles. The first-order valence-electron chi connectivity index (χ1n) is 6.47. The van der Waals surface area contributed by atoms with Crippen LogP contribution >= 0.6 is 0 Å². The van der Waals surface area contributed by atoms with Crippen molar-refractivity contribution in [2.24, 2.45) is 0 Å². The molecule has 0 bridgehead atoms.